The van der Waals surface area contributed by atoms with Crippen LogP contribution >= 0.6 is 0 Å². The average Bonchev–Trinajstić information content (AvgIpc) is 2.16. The first-order valence-electron chi connectivity index (χ1n) is 5.35. The van der Waals surface area contributed by atoms with E-state index >= 15 is 0 Å². The monoisotopic (exact) mass is 467 g/mol. The Hall–Kier alpha value is -0.228. The summed E-state index contributed by atoms with van der Waals surface area (Å²) in [6, 6.07) is 0. The van der Waals surface area contributed by atoms with E-state index in [1.807, 2.05) is 11.4 Å². The number of carbonyl (C=O) groups is 1. The van der Waals surface area contributed by atoms with Crippen LogP contribution in [0.2, 0.25) is 26.2 Å². The molecule has 0 fully saturated rings. The number of rotatable bonds is 5. The largest absolute Gasteiger partial charge is 0.450 e. The molecule has 3 nitrogen and oxygen atoms in total. The predicted molar refractivity (Wildman–Crippen MR) is 78.4 cm³/mol. The second-order valence-corrected chi connectivity index (χ2v) is 12.8. The number of hydrogen-bond acceptors (Lipinski definition) is 3. The second-order valence-electron chi connectivity index (χ2n) is 4.58. The molecule has 0 atom stereocenters. The fourth-order valence-electron chi connectivity index (χ4n) is 0.944. The van der Waals surface area contributed by atoms with Gasteiger partial charge in [0.1, 0.15) is 0 Å². The van der Waals surface area contributed by atoms with Crippen LogP contribution in [0, 0.1) is 0 Å². The molecule has 0 saturated carbocycles. The molecule has 0 amide bonds. The summed E-state index contributed by atoms with van der Waals surface area (Å²) >= 11 is 0. The molecule has 0 saturated heterocycles. The van der Waals surface area contributed by atoms with Gasteiger partial charge in [-0.3, -0.25) is 4.79 Å². The molecule has 0 unspecified atom stereocenters. The summed E-state index contributed by atoms with van der Waals surface area (Å²) in [5, 5.41) is 0. The third kappa shape index (κ3) is 15.8. The molecule has 18 heavy (non-hydrogen) atoms. The van der Waals surface area contributed by atoms with Crippen LogP contribution in [-0.2, 0) is 34.7 Å². The molecule has 6 heteroatoms. The fourth-order valence-corrected chi connectivity index (χ4v) is 7.06. The van der Waals surface area contributed by atoms with Crippen molar-refractivity contribution in [3.05, 3.63) is 37.4 Å². The molecule has 0 radical (unpaired) electrons. The quantitative estimate of drug-likeness (QED) is 0.353. The van der Waals surface area contributed by atoms with Crippen LogP contribution in [0.3, 0.4) is 0 Å². The first-order valence-corrected chi connectivity index (χ1v) is 11.3. The Morgan fingerprint density at radius 3 is 1.50 bits per heavy atom. The maximum atomic E-state index is 9.75. The Morgan fingerprint density at radius 2 is 1.44 bits per heavy atom. The van der Waals surface area contributed by atoms with Gasteiger partial charge in [0.05, 0.1) is 6.26 Å². The second kappa shape index (κ2) is 10.7. The van der Waals surface area contributed by atoms with Crippen molar-refractivity contribution in [1.82, 2.24) is 0 Å². The molecule has 0 aromatic carbocycles. The van der Waals surface area contributed by atoms with Crippen LogP contribution in [0.15, 0.2) is 37.4 Å². The fraction of sp³-hybridized carbons (Fsp3) is 0.417. The van der Waals surface area contributed by atoms with Crippen molar-refractivity contribution in [3.8, 4) is 0 Å². The van der Waals surface area contributed by atoms with Crippen LogP contribution in [0.5, 0.6) is 0 Å². The first-order chi connectivity index (χ1) is 7.60. The predicted octanol–water partition coefficient (Wildman–Crippen LogP) is 3.55. The Labute approximate surface area is 127 Å². The van der Waals surface area contributed by atoms with Crippen molar-refractivity contribution in [2.24, 2.45) is 0 Å². The molecule has 0 N–H and O–H groups in total. The van der Waals surface area contributed by atoms with Gasteiger partial charge in [-0.15, -0.1) is 13.2 Å². The van der Waals surface area contributed by atoms with Crippen molar-refractivity contribution in [2.45, 2.75) is 33.1 Å². The van der Waals surface area contributed by atoms with Gasteiger partial charge in [0.25, 0.3) is 0 Å². The first kappa shape index (κ1) is 22.9. The molecule has 0 spiro atoms. The summed E-state index contributed by atoms with van der Waals surface area (Å²) in [6.45, 7) is 20.7. The summed E-state index contributed by atoms with van der Waals surface area (Å²) in [4.78, 5) is 9.75. The number of carbonyl (C=O) groups excluding carboxylic acids is 1. The molecule has 0 aliphatic heterocycles. The van der Waals surface area contributed by atoms with Gasteiger partial charge < -0.3 is 8.85 Å². The third-order valence-corrected chi connectivity index (χ3v) is 7.42. The summed E-state index contributed by atoms with van der Waals surface area (Å²) < 4.78 is 10.1. The van der Waals surface area contributed by atoms with Crippen LogP contribution < -0.4 is 0 Å². The van der Waals surface area contributed by atoms with Crippen LogP contribution in [0.25, 0.3) is 0 Å². The average molecular weight is 468 g/mol. The van der Waals surface area contributed by atoms with Crippen LogP contribution in [-0.4, -0.2) is 22.6 Å². The Morgan fingerprint density at radius 1 is 1.06 bits per heavy atom. The van der Waals surface area contributed by atoms with E-state index in [9.17, 15) is 4.79 Å². The topological polar surface area (TPSA) is 35.5 Å². The van der Waals surface area contributed by atoms with E-state index in [0.717, 1.165) is 6.26 Å². The molecule has 0 aliphatic rings. The molecule has 0 heterocycles. The Kier molecular flexibility index (Phi) is 13.6. The minimum Gasteiger partial charge on any atom is -0.450 e. The Balaban J connectivity index is -0.000000277. The zero-order valence-corrected chi connectivity index (χ0v) is 16.2. The van der Waals surface area contributed by atoms with E-state index in [0.29, 0.717) is 0 Å². The number of ether oxygens (including phenoxy) is 1. The smallest absolute Gasteiger partial charge is 0.307 e. The van der Waals surface area contributed by atoms with Gasteiger partial charge in [-0.05, 0) is 26.2 Å². The van der Waals surface area contributed by atoms with Crippen LogP contribution in [0.1, 0.15) is 6.92 Å². The molecule has 0 bridgehead atoms. The van der Waals surface area contributed by atoms with Gasteiger partial charge in [0.2, 0.25) is 8.32 Å². The van der Waals surface area contributed by atoms with Gasteiger partial charge in [-0.25, -0.2) is 0 Å². The van der Waals surface area contributed by atoms with Crippen molar-refractivity contribution in [1.29, 1.82) is 0 Å². The zero-order valence-electron chi connectivity index (χ0n) is 11.9. The zero-order chi connectivity index (χ0) is 14.1. The Bertz CT molecular complexity index is 278. The molecular weight excluding hydrogens is 443 g/mol. The number of hydrogen-bond donors (Lipinski definition) is 0. The van der Waals surface area contributed by atoms with Gasteiger partial charge in [0, 0.05) is 28.0 Å². The van der Waals surface area contributed by atoms with E-state index < -0.39 is 16.6 Å². The van der Waals surface area contributed by atoms with Gasteiger partial charge in [-0.1, -0.05) is 18.0 Å². The van der Waals surface area contributed by atoms with Crippen molar-refractivity contribution in [2.75, 3.05) is 0 Å². The van der Waals surface area contributed by atoms with E-state index in [-0.39, 0.29) is 27.0 Å². The summed E-state index contributed by atoms with van der Waals surface area (Å²) in [6.07, 6.45) is 1.10. The maximum absolute atomic E-state index is 9.75. The van der Waals surface area contributed by atoms with Crippen molar-refractivity contribution < 1.29 is 34.7 Å². The van der Waals surface area contributed by atoms with E-state index in [2.05, 4.69) is 50.7 Å². The molecule has 0 rings (SSSR count). The third-order valence-electron chi connectivity index (χ3n) is 1.59. The summed E-state index contributed by atoms with van der Waals surface area (Å²) in [5.41, 5.74) is 3.86. The SMILES string of the molecule is C=COC(C)=O.C=C[Si](C)(C=C)O[Si](C)(C)C.[Pt]. The standard InChI is InChI=1S/C8H18OSi2.C4H6O2.Pt/c1-7-11(6,8-2)9-10(3,4)5;1-3-6-4(2)5;/h7-8H,1-2H2,3-6H3;3H,1H2,2H3;. The van der Waals surface area contributed by atoms with Gasteiger partial charge >= 0.3 is 5.97 Å². The van der Waals surface area contributed by atoms with Gasteiger partial charge in [0.15, 0.2) is 8.32 Å². The minimum atomic E-state index is -1.74. The van der Waals surface area contributed by atoms with E-state index in [1.165, 1.54) is 6.92 Å². The van der Waals surface area contributed by atoms with Crippen molar-refractivity contribution in [3.63, 3.8) is 0 Å². The molecule has 0 aliphatic carbocycles. The van der Waals surface area contributed by atoms with E-state index in [1.54, 1.807) is 0 Å². The molecule has 0 aromatic rings. The van der Waals surface area contributed by atoms with E-state index in [4.69, 9.17) is 4.12 Å². The van der Waals surface area contributed by atoms with Crippen molar-refractivity contribution >= 4 is 22.6 Å². The molecular formula is C12H24O3PtSi2. The summed E-state index contributed by atoms with van der Waals surface area (Å²) in [5.74, 6) is -0.329. The molecule has 108 valence electrons. The maximum Gasteiger partial charge on any atom is 0.307 e. The number of esters is 1. The molecule has 0 aromatic heterocycles. The normalized spacial score (nSPS) is 10.1. The summed E-state index contributed by atoms with van der Waals surface area (Å²) in [7, 11) is -3.16. The van der Waals surface area contributed by atoms with Crippen LogP contribution in [0.4, 0.5) is 0 Å². The minimum absolute atomic E-state index is 0. The van der Waals surface area contributed by atoms with Gasteiger partial charge in [-0.2, -0.15) is 0 Å².